The number of ether oxygens (including phenoxy) is 1. The molecule has 29 heavy (non-hydrogen) atoms. The van der Waals surface area contributed by atoms with Crippen molar-refractivity contribution in [3.05, 3.63) is 107 Å². The average Bonchev–Trinajstić information content (AvgIpc) is 2.74. The molecule has 0 fully saturated rings. The Hall–Kier alpha value is -2.95. The van der Waals surface area contributed by atoms with Gasteiger partial charge in [-0.3, -0.25) is 4.98 Å². The first-order valence-corrected chi connectivity index (χ1v) is 9.75. The number of hydrogen-bond donors (Lipinski definition) is 1. The van der Waals surface area contributed by atoms with Crippen LogP contribution < -0.4 is 10.1 Å². The van der Waals surface area contributed by atoms with Crippen LogP contribution in [0.1, 0.15) is 16.7 Å². The number of pyridine rings is 1. The first kappa shape index (κ1) is 19.4. The lowest BCUT2D eigenvalue weighted by molar-refractivity contribution is 0.302. The Morgan fingerprint density at radius 1 is 0.931 bits per heavy atom. The molecule has 0 spiro atoms. The predicted molar refractivity (Wildman–Crippen MR) is 114 cm³/mol. The highest BCUT2D eigenvalue weighted by Gasteiger charge is 2.10. The predicted octanol–water partition coefficient (Wildman–Crippen LogP) is 5.90. The molecular weight excluding hydrogens is 387 g/mol. The minimum absolute atomic E-state index is 0.273. The number of benzene rings is 3. The summed E-state index contributed by atoms with van der Waals surface area (Å²) in [6.45, 7) is 1.65. The van der Waals surface area contributed by atoms with Crippen LogP contribution in [-0.4, -0.2) is 4.98 Å². The Kier molecular flexibility index (Phi) is 6.03. The smallest absolute Gasteiger partial charge is 0.124 e. The lowest BCUT2D eigenvalue weighted by Crippen LogP contribution is -2.14. The summed E-state index contributed by atoms with van der Waals surface area (Å²) >= 11 is 6.14. The zero-order valence-corrected chi connectivity index (χ0v) is 16.5. The summed E-state index contributed by atoms with van der Waals surface area (Å²) in [5.74, 6) is 0.428. The molecule has 0 aliphatic carbocycles. The monoisotopic (exact) mass is 406 g/mol. The maximum absolute atomic E-state index is 13.3. The number of halogens is 2. The Morgan fingerprint density at radius 2 is 1.76 bits per heavy atom. The van der Waals surface area contributed by atoms with Crippen molar-refractivity contribution < 1.29 is 9.13 Å². The van der Waals surface area contributed by atoms with Crippen molar-refractivity contribution in [2.24, 2.45) is 0 Å². The van der Waals surface area contributed by atoms with Gasteiger partial charge in [-0.15, -0.1) is 0 Å². The van der Waals surface area contributed by atoms with Crippen LogP contribution in [0.3, 0.4) is 0 Å². The molecule has 3 nitrogen and oxygen atoms in total. The van der Waals surface area contributed by atoms with Crippen LogP contribution in [0.15, 0.2) is 79.1 Å². The lowest BCUT2D eigenvalue weighted by atomic mass is 10.0. The van der Waals surface area contributed by atoms with Crippen LogP contribution in [-0.2, 0) is 19.7 Å². The summed E-state index contributed by atoms with van der Waals surface area (Å²) in [6, 6.07) is 20.6. The molecule has 146 valence electrons. The van der Waals surface area contributed by atoms with Gasteiger partial charge in [0.15, 0.2) is 0 Å². The molecule has 1 heterocycles. The van der Waals surface area contributed by atoms with Gasteiger partial charge in [-0.25, -0.2) is 4.39 Å². The molecule has 0 unspecified atom stereocenters. The Balaban J connectivity index is 1.56. The molecule has 0 radical (unpaired) electrons. The molecule has 0 bridgehead atoms. The number of nitrogens with zero attached hydrogens (tertiary/aromatic N) is 1. The van der Waals surface area contributed by atoms with Gasteiger partial charge in [0.25, 0.3) is 0 Å². The molecule has 5 heteroatoms. The summed E-state index contributed by atoms with van der Waals surface area (Å²) in [6.07, 6.45) is 3.58. The average molecular weight is 407 g/mol. The quantitative estimate of drug-likeness (QED) is 0.415. The number of nitrogens with one attached hydrogen (secondary N) is 1. The molecule has 3 aromatic carbocycles. The van der Waals surface area contributed by atoms with Gasteiger partial charge >= 0.3 is 0 Å². The molecule has 0 aliphatic heterocycles. The topological polar surface area (TPSA) is 34.1 Å². The molecule has 0 aliphatic rings. The number of hydrogen-bond acceptors (Lipinski definition) is 3. The molecule has 0 amide bonds. The van der Waals surface area contributed by atoms with E-state index in [-0.39, 0.29) is 12.4 Å². The van der Waals surface area contributed by atoms with E-state index in [1.807, 2.05) is 36.4 Å². The van der Waals surface area contributed by atoms with Crippen molar-refractivity contribution in [3.8, 4) is 5.75 Å². The van der Waals surface area contributed by atoms with Gasteiger partial charge in [0.2, 0.25) is 0 Å². The number of aromatic nitrogens is 1. The SMILES string of the molecule is Fc1ccc(COc2ccc3ccccc3c2CNCc2ccncc2)c(Cl)c1. The van der Waals surface area contributed by atoms with Crippen molar-refractivity contribution in [2.45, 2.75) is 19.7 Å². The van der Waals surface area contributed by atoms with E-state index < -0.39 is 0 Å². The first-order chi connectivity index (χ1) is 14.2. The zero-order valence-electron chi connectivity index (χ0n) is 15.7. The van der Waals surface area contributed by atoms with Crippen LogP contribution in [0, 0.1) is 5.82 Å². The van der Waals surface area contributed by atoms with Crippen molar-refractivity contribution >= 4 is 22.4 Å². The van der Waals surface area contributed by atoms with Gasteiger partial charge in [-0.1, -0.05) is 48.0 Å². The van der Waals surface area contributed by atoms with Crippen LogP contribution in [0.5, 0.6) is 5.75 Å². The van der Waals surface area contributed by atoms with E-state index in [1.165, 1.54) is 17.7 Å². The number of fused-ring (bicyclic) bond motifs is 1. The number of rotatable bonds is 7. The van der Waals surface area contributed by atoms with Crippen molar-refractivity contribution in [2.75, 3.05) is 0 Å². The fourth-order valence-electron chi connectivity index (χ4n) is 3.26. The molecule has 4 rings (SSSR count). The third-order valence-corrected chi connectivity index (χ3v) is 5.13. The van der Waals surface area contributed by atoms with E-state index in [1.54, 1.807) is 18.5 Å². The van der Waals surface area contributed by atoms with E-state index in [9.17, 15) is 4.39 Å². The van der Waals surface area contributed by atoms with Crippen LogP contribution in [0.25, 0.3) is 10.8 Å². The largest absolute Gasteiger partial charge is 0.488 e. The molecule has 0 saturated carbocycles. The summed E-state index contributed by atoms with van der Waals surface area (Å²) in [5.41, 5.74) is 2.99. The van der Waals surface area contributed by atoms with E-state index in [0.29, 0.717) is 11.6 Å². The van der Waals surface area contributed by atoms with Crippen molar-refractivity contribution in [1.29, 1.82) is 0 Å². The second-order valence-corrected chi connectivity index (χ2v) is 7.15. The molecule has 0 atom stereocenters. The molecule has 1 aromatic heterocycles. The molecular formula is C24H20ClFN2O. The third-order valence-electron chi connectivity index (χ3n) is 4.78. The highest BCUT2D eigenvalue weighted by Crippen LogP contribution is 2.29. The Labute approximate surface area is 174 Å². The van der Waals surface area contributed by atoms with Crippen molar-refractivity contribution in [1.82, 2.24) is 10.3 Å². The maximum atomic E-state index is 13.3. The van der Waals surface area contributed by atoms with Crippen LogP contribution >= 0.6 is 11.6 Å². The summed E-state index contributed by atoms with van der Waals surface area (Å²) in [4.78, 5) is 4.05. The van der Waals surface area contributed by atoms with Gasteiger partial charge in [-0.05, 0) is 46.7 Å². The molecule has 1 N–H and O–H groups in total. The molecule has 4 aromatic rings. The van der Waals surface area contributed by atoms with Gasteiger partial charge < -0.3 is 10.1 Å². The summed E-state index contributed by atoms with van der Waals surface area (Å²) in [7, 11) is 0. The van der Waals surface area contributed by atoms with Crippen LogP contribution in [0.4, 0.5) is 4.39 Å². The minimum atomic E-state index is -0.356. The van der Waals surface area contributed by atoms with E-state index >= 15 is 0 Å². The second kappa shape index (κ2) is 9.03. The maximum Gasteiger partial charge on any atom is 0.124 e. The van der Waals surface area contributed by atoms with Gasteiger partial charge in [0.05, 0.1) is 5.02 Å². The minimum Gasteiger partial charge on any atom is -0.488 e. The lowest BCUT2D eigenvalue weighted by Gasteiger charge is -2.16. The third kappa shape index (κ3) is 4.73. The van der Waals surface area contributed by atoms with Gasteiger partial charge in [0, 0.05) is 36.6 Å². The van der Waals surface area contributed by atoms with Crippen LogP contribution in [0.2, 0.25) is 5.02 Å². The van der Waals surface area contributed by atoms with E-state index in [4.69, 9.17) is 16.3 Å². The van der Waals surface area contributed by atoms with E-state index in [0.717, 1.165) is 34.2 Å². The standard InChI is InChI=1S/C24H20ClFN2O/c25-23-13-20(26)7-5-19(23)16-29-24-8-6-18-3-1-2-4-21(18)22(24)15-28-14-17-9-11-27-12-10-17/h1-13,28H,14-16H2. The highest BCUT2D eigenvalue weighted by atomic mass is 35.5. The Morgan fingerprint density at radius 3 is 2.59 bits per heavy atom. The summed E-state index contributed by atoms with van der Waals surface area (Å²) in [5, 5.41) is 6.14. The Bertz CT molecular complexity index is 1120. The first-order valence-electron chi connectivity index (χ1n) is 9.38. The van der Waals surface area contributed by atoms with E-state index in [2.05, 4.69) is 22.4 Å². The zero-order chi connectivity index (χ0) is 20.1. The highest BCUT2D eigenvalue weighted by molar-refractivity contribution is 6.31. The molecule has 0 saturated heterocycles. The van der Waals surface area contributed by atoms with Crippen molar-refractivity contribution in [3.63, 3.8) is 0 Å². The fourth-order valence-corrected chi connectivity index (χ4v) is 3.48. The normalized spacial score (nSPS) is 11.0. The van der Waals surface area contributed by atoms with Gasteiger partial charge in [0.1, 0.15) is 18.2 Å². The second-order valence-electron chi connectivity index (χ2n) is 6.75. The fraction of sp³-hybridized carbons (Fsp3) is 0.125. The van der Waals surface area contributed by atoms with Gasteiger partial charge in [-0.2, -0.15) is 0 Å². The summed E-state index contributed by atoms with van der Waals surface area (Å²) < 4.78 is 19.4.